The molecule has 0 amide bonds. The maximum atomic E-state index is 10.4. The highest BCUT2D eigenvalue weighted by molar-refractivity contribution is 5.65. The molecule has 0 bridgehead atoms. The molecule has 0 radical (unpaired) electrons. The van der Waals surface area contributed by atoms with E-state index in [2.05, 4.69) is 5.92 Å². The summed E-state index contributed by atoms with van der Waals surface area (Å²) in [5.74, 6) is 2.32. The van der Waals surface area contributed by atoms with Crippen LogP contribution < -0.4 is 0 Å². The molecule has 0 aromatic rings. The van der Waals surface area contributed by atoms with Gasteiger partial charge in [0.2, 0.25) is 0 Å². The van der Waals surface area contributed by atoms with E-state index >= 15 is 0 Å². The standard InChI is InChI=1S/C10H14O3/c1-3-9-10(13-9)6-4-5-7-12-8(2)11/h1,9-10H,4-7H2,2H3/t9-,10+/m1/s1. The first-order valence-electron chi connectivity index (χ1n) is 4.49. The minimum Gasteiger partial charge on any atom is -0.466 e. The summed E-state index contributed by atoms with van der Waals surface area (Å²) in [4.78, 5) is 10.4. The van der Waals surface area contributed by atoms with Gasteiger partial charge in [0.15, 0.2) is 0 Å². The molecular formula is C10H14O3. The SMILES string of the molecule is C#C[C@H]1O[C@H]1CCCCOC(C)=O. The highest BCUT2D eigenvalue weighted by Gasteiger charge is 2.35. The van der Waals surface area contributed by atoms with Gasteiger partial charge in [-0.05, 0) is 19.3 Å². The lowest BCUT2D eigenvalue weighted by Gasteiger charge is -1.99. The largest absolute Gasteiger partial charge is 0.466 e. The summed E-state index contributed by atoms with van der Waals surface area (Å²) in [6, 6.07) is 0. The summed E-state index contributed by atoms with van der Waals surface area (Å²) in [6.07, 6.45) is 8.29. The van der Waals surface area contributed by atoms with Crippen LogP contribution in [0.25, 0.3) is 0 Å². The van der Waals surface area contributed by atoms with Crippen LogP contribution in [0.2, 0.25) is 0 Å². The van der Waals surface area contributed by atoms with E-state index in [1.807, 2.05) is 0 Å². The number of epoxide rings is 1. The number of hydrogen-bond acceptors (Lipinski definition) is 3. The lowest BCUT2D eigenvalue weighted by atomic mass is 10.1. The Kier molecular flexibility index (Phi) is 3.78. The van der Waals surface area contributed by atoms with Gasteiger partial charge in [-0.15, -0.1) is 6.42 Å². The Hall–Kier alpha value is -1.01. The van der Waals surface area contributed by atoms with Crippen molar-refractivity contribution < 1.29 is 14.3 Å². The van der Waals surface area contributed by atoms with Gasteiger partial charge in [-0.3, -0.25) is 4.79 Å². The number of hydrogen-bond donors (Lipinski definition) is 0. The van der Waals surface area contributed by atoms with Crippen LogP contribution in [0.3, 0.4) is 0 Å². The molecule has 1 heterocycles. The molecule has 1 aliphatic rings. The molecule has 0 aromatic heterocycles. The van der Waals surface area contributed by atoms with Gasteiger partial charge in [-0.1, -0.05) is 5.92 Å². The molecule has 0 unspecified atom stereocenters. The maximum Gasteiger partial charge on any atom is 0.302 e. The van der Waals surface area contributed by atoms with Crippen molar-refractivity contribution in [1.29, 1.82) is 0 Å². The topological polar surface area (TPSA) is 38.8 Å². The number of esters is 1. The fourth-order valence-electron chi connectivity index (χ4n) is 1.17. The Morgan fingerprint density at radius 2 is 2.38 bits per heavy atom. The highest BCUT2D eigenvalue weighted by atomic mass is 16.6. The summed E-state index contributed by atoms with van der Waals surface area (Å²) >= 11 is 0. The molecule has 3 heteroatoms. The summed E-state index contributed by atoms with van der Waals surface area (Å²) in [5.41, 5.74) is 0. The predicted molar refractivity (Wildman–Crippen MR) is 48.0 cm³/mol. The van der Waals surface area contributed by atoms with Gasteiger partial charge in [0, 0.05) is 6.92 Å². The number of terminal acetylenes is 1. The molecule has 72 valence electrons. The van der Waals surface area contributed by atoms with Gasteiger partial charge in [0.1, 0.15) is 6.10 Å². The quantitative estimate of drug-likeness (QED) is 0.277. The Bertz CT molecular complexity index is 217. The summed E-state index contributed by atoms with van der Waals surface area (Å²) in [5, 5.41) is 0. The molecule has 0 aliphatic carbocycles. The molecule has 13 heavy (non-hydrogen) atoms. The molecule has 0 saturated carbocycles. The third-order valence-corrected chi connectivity index (χ3v) is 1.94. The molecular weight excluding hydrogens is 168 g/mol. The average molecular weight is 182 g/mol. The van der Waals surface area contributed by atoms with Crippen molar-refractivity contribution >= 4 is 5.97 Å². The molecule has 0 spiro atoms. The summed E-state index contributed by atoms with van der Waals surface area (Å²) < 4.78 is 9.93. The van der Waals surface area contributed by atoms with Crippen LogP contribution in [0.1, 0.15) is 26.2 Å². The van der Waals surface area contributed by atoms with Gasteiger partial charge >= 0.3 is 5.97 Å². The molecule has 0 aromatic carbocycles. The minimum absolute atomic E-state index is 0.0359. The Labute approximate surface area is 78.4 Å². The van der Waals surface area contributed by atoms with Crippen molar-refractivity contribution in [3.8, 4) is 12.3 Å². The predicted octanol–water partition coefficient (Wildman–Crippen LogP) is 1.12. The van der Waals surface area contributed by atoms with Crippen LogP contribution in [0.4, 0.5) is 0 Å². The van der Waals surface area contributed by atoms with E-state index in [1.165, 1.54) is 6.92 Å². The normalized spacial score (nSPS) is 24.9. The lowest BCUT2D eigenvalue weighted by molar-refractivity contribution is -0.141. The van der Waals surface area contributed by atoms with Crippen LogP contribution in [-0.2, 0) is 14.3 Å². The van der Waals surface area contributed by atoms with E-state index < -0.39 is 0 Å². The van der Waals surface area contributed by atoms with Crippen molar-refractivity contribution in [2.75, 3.05) is 6.61 Å². The Balaban J connectivity index is 1.86. The molecule has 1 aliphatic heterocycles. The van der Waals surface area contributed by atoms with Crippen molar-refractivity contribution in [2.24, 2.45) is 0 Å². The van der Waals surface area contributed by atoms with E-state index in [0.29, 0.717) is 6.61 Å². The van der Waals surface area contributed by atoms with Crippen molar-refractivity contribution in [3.05, 3.63) is 0 Å². The van der Waals surface area contributed by atoms with Gasteiger partial charge in [0.25, 0.3) is 0 Å². The van der Waals surface area contributed by atoms with Crippen LogP contribution in [-0.4, -0.2) is 24.8 Å². The fourth-order valence-corrected chi connectivity index (χ4v) is 1.17. The second kappa shape index (κ2) is 4.88. The first-order chi connectivity index (χ1) is 6.24. The van der Waals surface area contributed by atoms with Crippen molar-refractivity contribution in [2.45, 2.75) is 38.4 Å². The average Bonchev–Trinajstić information content (AvgIpc) is 2.82. The zero-order chi connectivity index (χ0) is 9.68. The molecule has 1 rings (SSSR count). The minimum atomic E-state index is -0.218. The number of unbranched alkanes of at least 4 members (excludes halogenated alkanes) is 1. The molecule has 0 N–H and O–H groups in total. The first-order valence-corrected chi connectivity index (χ1v) is 4.49. The summed E-state index contributed by atoms with van der Waals surface area (Å²) in [6.45, 7) is 1.92. The number of rotatable bonds is 5. The van der Waals surface area contributed by atoms with E-state index in [1.54, 1.807) is 0 Å². The van der Waals surface area contributed by atoms with E-state index in [0.717, 1.165) is 19.3 Å². The van der Waals surface area contributed by atoms with Crippen LogP contribution in [0, 0.1) is 12.3 Å². The lowest BCUT2D eigenvalue weighted by Crippen LogP contribution is -2.01. The number of carbonyl (C=O) groups is 1. The van der Waals surface area contributed by atoms with Gasteiger partial charge < -0.3 is 9.47 Å². The Morgan fingerprint density at radius 3 is 2.92 bits per heavy atom. The van der Waals surface area contributed by atoms with E-state index in [-0.39, 0.29) is 18.2 Å². The van der Waals surface area contributed by atoms with Crippen molar-refractivity contribution in [3.63, 3.8) is 0 Å². The van der Waals surface area contributed by atoms with Crippen LogP contribution in [0.15, 0.2) is 0 Å². The third kappa shape index (κ3) is 3.95. The highest BCUT2D eigenvalue weighted by Crippen LogP contribution is 2.25. The Morgan fingerprint density at radius 1 is 1.62 bits per heavy atom. The number of ether oxygens (including phenoxy) is 2. The second-order valence-corrected chi connectivity index (χ2v) is 3.10. The smallest absolute Gasteiger partial charge is 0.302 e. The zero-order valence-corrected chi connectivity index (χ0v) is 7.79. The van der Waals surface area contributed by atoms with Gasteiger partial charge in [-0.25, -0.2) is 0 Å². The fraction of sp³-hybridized carbons (Fsp3) is 0.700. The van der Waals surface area contributed by atoms with Gasteiger partial charge in [-0.2, -0.15) is 0 Å². The first kappa shape index (κ1) is 10.1. The molecule has 1 fully saturated rings. The monoisotopic (exact) mass is 182 g/mol. The molecule has 3 nitrogen and oxygen atoms in total. The summed E-state index contributed by atoms with van der Waals surface area (Å²) in [7, 11) is 0. The van der Waals surface area contributed by atoms with Crippen molar-refractivity contribution in [1.82, 2.24) is 0 Å². The van der Waals surface area contributed by atoms with Crippen LogP contribution in [0.5, 0.6) is 0 Å². The van der Waals surface area contributed by atoms with E-state index in [4.69, 9.17) is 15.9 Å². The van der Waals surface area contributed by atoms with Gasteiger partial charge in [0.05, 0.1) is 12.7 Å². The second-order valence-electron chi connectivity index (χ2n) is 3.10. The maximum absolute atomic E-state index is 10.4. The number of carbonyl (C=O) groups excluding carboxylic acids is 1. The molecule has 1 saturated heterocycles. The third-order valence-electron chi connectivity index (χ3n) is 1.94. The zero-order valence-electron chi connectivity index (χ0n) is 7.79. The molecule has 2 atom stereocenters. The van der Waals surface area contributed by atoms with Crippen LogP contribution >= 0.6 is 0 Å². The van der Waals surface area contributed by atoms with E-state index in [9.17, 15) is 4.79 Å².